The van der Waals surface area contributed by atoms with Gasteiger partial charge in [0.15, 0.2) is 11.6 Å². The van der Waals surface area contributed by atoms with Crippen LogP contribution in [0.15, 0.2) is 30.3 Å². The van der Waals surface area contributed by atoms with Gasteiger partial charge < -0.3 is 10.1 Å². The van der Waals surface area contributed by atoms with Crippen molar-refractivity contribution >= 4 is 23.5 Å². The summed E-state index contributed by atoms with van der Waals surface area (Å²) in [5.41, 5.74) is 0.0293. The lowest BCUT2D eigenvalue weighted by molar-refractivity contribution is -0.159. The number of likely N-dealkylation sites (tertiary alicyclic amines) is 1. The molecule has 172 valence electrons. The number of anilines is 1. The summed E-state index contributed by atoms with van der Waals surface area (Å²) in [7, 11) is 1.49. The summed E-state index contributed by atoms with van der Waals surface area (Å²) in [6.07, 6.45) is 0. The van der Waals surface area contributed by atoms with E-state index in [1.54, 1.807) is 20.8 Å². The number of imide groups is 1. The number of methoxy groups -OCH3 is 1. The van der Waals surface area contributed by atoms with E-state index in [4.69, 9.17) is 4.74 Å². The van der Waals surface area contributed by atoms with Crippen LogP contribution in [0.25, 0.3) is 0 Å². The Morgan fingerprint density at radius 2 is 1.66 bits per heavy atom. The molecule has 0 aliphatic carbocycles. The minimum atomic E-state index is -0.699. The lowest BCUT2D eigenvalue weighted by Crippen LogP contribution is -2.57. The second kappa shape index (κ2) is 8.41. The van der Waals surface area contributed by atoms with Crippen molar-refractivity contribution < 1.29 is 19.1 Å². The van der Waals surface area contributed by atoms with Gasteiger partial charge in [-0.1, -0.05) is 71.9 Å². The normalized spacial score (nSPS) is 16.5. The molecule has 1 unspecified atom stereocenters. The standard InChI is InChI=1S/C24H32N4O4/c1-23(2,3)21(30)27-14-16(20(27)29)17-18(32-7)19(25-13-15-11-9-8-10-12-15)28(26-17)22(31)24(4,5)6/h8-12,16,25H,13-14H2,1-7H3. The van der Waals surface area contributed by atoms with Crippen molar-refractivity contribution in [3.8, 4) is 5.75 Å². The van der Waals surface area contributed by atoms with Crippen LogP contribution in [0.1, 0.15) is 63.5 Å². The van der Waals surface area contributed by atoms with Gasteiger partial charge in [0, 0.05) is 23.9 Å². The smallest absolute Gasteiger partial charge is 0.254 e. The molecule has 2 heterocycles. The largest absolute Gasteiger partial charge is 0.491 e. The highest BCUT2D eigenvalue weighted by molar-refractivity contribution is 6.05. The van der Waals surface area contributed by atoms with Gasteiger partial charge in [0.1, 0.15) is 11.6 Å². The fourth-order valence-electron chi connectivity index (χ4n) is 3.47. The van der Waals surface area contributed by atoms with Crippen LogP contribution in [0.3, 0.4) is 0 Å². The van der Waals surface area contributed by atoms with Crippen molar-refractivity contribution in [3.05, 3.63) is 41.6 Å². The highest BCUT2D eigenvalue weighted by atomic mass is 16.5. The van der Waals surface area contributed by atoms with Crippen molar-refractivity contribution in [1.82, 2.24) is 14.7 Å². The summed E-state index contributed by atoms with van der Waals surface area (Å²) in [5, 5.41) is 7.77. The first-order valence-corrected chi connectivity index (χ1v) is 10.7. The summed E-state index contributed by atoms with van der Waals surface area (Å²) in [6, 6.07) is 9.74. The lowest BCUT2D eigenvalue weighted by Gasteiger charge is -2.39. The molecule has 8 heteroatoms. The van der Waals surface area contributed by atoms with Gasteiger partial charge >= 0.3 is 0 Å². The molecule has 1 aromatic heterocycles. The molecule has 8 nitrogen and oxygen atoms in total. The fourth-order valence-corrected chi connectivity index (χ4v) is 3.47. The molecule has 0 radical (unpaired) electrons. The van der Waals surface area contributed by atoms with Gasteiger partial charge in [0.05, 0.1) is 7.11 Å². The third-order valence-electron chi connectivity index (χ3n) is 5.35. The van der Waals surface area contributed by atoms with Crippen LogP contribution in [0, 0.1) is 10.8 Å². The van der Waals surface area contributed by atoms with Crippen molar-refractivity contribution in [3.63, 3.8) is 0 Å². The van der Waals surface area contributed by atoms with Crippen molar-refractivity contribution in [2.75, 3.05) is 19.0 Å². The maximum absolute atomic E-state index is 13.1. The Hall–Kier alpha value is -3.16. The zero-order valence-electron chi connectivity index (χ0n) is 19.9. The van der Waals surface area contributed by atoms with Crippen LogP contribution in [0.5, 0.6) is 5.75 Å². The predicted octanol–water partition coefficient (Wildman–Crippen LogP) is 3.69. The molecule has 1 aromatic carbocycles. The number of hydrogen-bond acceptors (Lipinski definition) is 6. The first kappa shape index (κ1) is 23.5. The molecule has 0 bridgehead atoms. The van der Waals surface area contributed by atoms with Crippen LogP contribution < -0.4 is 10.1 Å². The number of ether oxygens (including phenoxy) is 1. The van der Waals surface area contributed by atoms with E-state index in [0.717, 1.165) is 5.56 Å². The minimum Gasteiger partial charge on any atom is -0.491 e. The van der Waals surface area contributed by atoms with E-state index < -0.39 is 16.7 Å². The Morgan fingerprint density at radius 1 is 1.06 bits per heavy atom. The predicted molar refractivity (Wildman–Crippen MR) is 122 cm³/mol. The fraction of sp³-hybridized carbons (Fsp3) is 0.500. The summed E-state index contributed by atoms with van der Waals surface area (Å²) in [6.45, 7) is 11.4. The average Bonchev–Trinajstić information content (AvgIpc) is 3.07. The highest BCUT2D eigenvalue weighted by Crippen LogP contribution is 2.41. The van der Waals surface area contributed by atoms with E-state index in [9.17, 15) is 14.4 Å². The average molecular weight is 441 g/mol. The van der Waals surface area contributed by atoms with E-state index in [0.29, 0.717) is 23.8 Å². The van der Waals surface area contributed by atoms with Crippen LogP contribution in [0.4, 0.5) is 5.82 Å². The maximum Gasteiger partial charge on any atom is 0.254 e. The SMILES string of the molecule is COc1c(C2CN(C(=O)C(C)(C)C)C2=O)nn(C(=O)C(C)(C)C)c1NCc1ccccc1. The quantitative estimate of drug-likeness (QED) is 0.713. The first-order valence-electron chi connectivity index (χ1n) is 10.7. The zero-order valence-corrected chi connectivity index (χ0v) is 19.9. The highest BCUT2D eigenvalue weighted by Gasteiger charge is 2.48. The Morgan fingerprint density at radius 3 is 2.16 bits per heavy atom. The first-order chi connectivity index (χ1) is 14.9. The molecule has 1 N–H and O–H groups in total. The molecule has 2 amide bonds. The molecule has 1 aliphatic heterocycles. The number of carbonyl (C=O) groups excluding carboxylic acids is 3. The molecular weight excluding hydrogens is 408 g/mol. The molecule has 2 aromatic rings. The van der Waals surface area contributed by atoms with E-state index in [-0.39, 0.29) is 24.3 Å². The second-order valence-electron chi connectivity index (χ2n) is 10.1. The number of benzene rings is 1. The van der Waals surface area contributed by atoms with Gasteiger partial charge in [-0.2, -0.15) is 9.78 Å². The van der Waals surface area contributed by atoms with Crippen molar-refractivity contribution in [2.24, 2.45) is 10.8 Å². The monoisotopic (exact) mass is 440 g/mol. The summed E-state index contributed by atoms with van der Waals surface area (Å²) in [5.74, 6) is -0.676. The van der Waals surface area contributed by atoms with Crippen molar-refractivity contribution in [1.29, 1.82) is 0 Å². The molecule has 1 saturated heterocycles. The molecule has 0 spiro atoms. The van der Waals surface area contributed by atoms with E-state index in [1.165, 1.54) is 16.7 Å². The third-order valence-corrected chi connectivity index (χ3v) is 5.35. The number of aromatic nitrogens is 2. The van der Waals surface area contributed by atoms with Gasteiger partial charge in [-0.3, -0.25) is 19.3 Å². The molecule has 3 rings (SSSR count). The van der Waals surface area contributed by atoms with Crippen molar-refractivity contribution in [2.45, 2.75) is 54.0 Å². The molecule has 1 aliphatic rings. The number of nitrogens with zero attached hydrogens (tertiary/aromatic N) is 3. The molecular formula is C24H32N4O4. The zero-order chi connectivity index (χ0) is 23.8. The number of carbonyl (C=O) groups is 3. The summed E-state index contributed by atoms with van der Waals surface area (Å²) in [4.78, 5) is 39.8. The summed E-state index contributed by atoms with van der Waals surface area (Å²) >= 11 is 0. The van der Waals surface area contributed by atoms with Gasteiger partial charge in [0.25, 0.3) is 5.91 Å². The lowest BCUT2D eigenvalue weighted by atomic mass is 9.88. The van der Waals surface area contributed by atoms with Crippen LogP contribution in [-0.2, 0) is 16.1 Å². The van der Waals surface area contributed by atoms with E-state index >= 15 is 0 Å². The maximum atomic E-state index is 13.1. The van der Waals surface area contributed by atoms with Crippen LogP contribution in [-0.4, -0.2) is 46.1 Å². The summed E-state index contributed by atoms with van der Waals surface area (Å²) < 4.78 is 6.91. The number of rotatable bonds is 5. The third kappa shape index (κ3) is 4.40. The Bertz CT molecular complexity index is 1030. The van der Waals surface area contributed by atoms with Gasteiger partial charge in [-0.05, 0) is 5.56 Å². The second-order valence-corrected chi connectivity index (χ2v) is 10.1. The number of nitrogens with one attached hydrogen (secondary N) is 1. The minimum absolute atomic E-state index is 0.212. The van der Waals surface area contributed by atoms with E-state index in [2.05, 4.69) is 10.4 Å². The Labute approximate surface area is 188 Å². The molecule has 0 saturated carbocycles. The number of hydrogen-bond donors (Lipinski definition) is 1. The number of amides is 2. The Kier molecular flexibility index (Phi) is 6.18. The van der Waals surface area contributed by atoms with Gasteiger partial charge in [0.2, 0.25) is 11.8 Å². The van der Waals surface area contributed by atoms with E-state index in [1.807, 2.05) is 51.1 Å². The Balaban J connectivity index is 1.97. The molecule has 1 fully saturated rings. The number of β-lactam (4-membered cyclic amide) rings is 1. The topological polar surface area (TPSA) is 93.5 Å². The van der Waals surface area contributed by atoms with Gasteiger partial charge in [-0.25, -0.2) is 0 Å². The van der Waals surface area contributed by atoms with Crippen LogP contribution >= 0.6 is 0 Å². The van der Waals surface area contributed by atoms with Crippen LogP contribution in [0.2, 0.25) is 0 Å². The molecule has 1 atom stereocenters. The molecule has 32 heavy (non-hydrogen) atoms. The van der Waals surface area contributed by atoms with Gasteiger partial charge in [-0.15, -0.1) is 0 Å².